The van der Waals surface area contributed by atoms with Crippen LogP contribution in [0.1, 0.15) is 36.7 Å². The maximum atomic E-state index is 12.3. The maximum absolute atomic E-state index is 12.3. The van der Waals surface area contributed by atoms with E-state index in [0.29, 0.717) is 11.3 Å². The van der Waals surface area contributed by atoms with E-state index in [9.17, 15) is 4.79 Å². The van der Waals surface area contributed by atoms with Crippen molar-refractivity contribution in [3.8, 4) is 0 Å². The van der Waals surface area contributed by atoms with Gasteiger partial charge in [-0.15, -0.1) is 12.4 Å². The second kappa shape index (κ2) is 7.32. The normalized spacial score (nSPS) is 12.1. The van der Waals surface area contributed by atoms with Crippen LogP contribution in [0.25, 0.3) is 0 Å². The van der Waals surface area contributed by atoms with E-state index in [-0.39, 0.29) is 29.8 Å². The van der Waals surface area contributed by atoms with Gasteiger partial charge in [0.2, 0.25) is 0 Å². The smallest absolute Gasteiger partial charge is 0.251 e. The van der Waals surface area contributed by atoms with Crippen LogP contribution in [0.4, 0.5) is 5.69 Å². The lowest BCUT2D eigenvalue weighted by Crippen LogP contribution is -2.45. The van der Waals surface area contributed by atoms with Gasteiger partial charge in [-0.05, 0) is 30.7 Å². The topological polar surface area (TPSA) is 55.1 Å². The third kappa shape index (κ3) is 4.01. The Balaban J connectivity index is 0.00000242. The van der Waals surface area contributed by atoms with Crippen LogP contribution in [0.3, 0.4) is 0 Å². The van der Waals surface area contributed by atoms with Gasteiger partial charge in [-0.25, -0.2) is 0 Å². The van der Waals surface area contributed by atoms with Gasteiger partial charge in [-0.3, -0.25) is 4.79 Å². The summed E-state index contributed by atoms with van der Waals surface area (Å²) < 4.78 is 0. The van der Waals surface area contributed by atoms with Crippen LogP contribution in [0.2, 0.25) is 0 Å². The molecule has 0 aromatic heterocycles. The largest absolute Gasteiger partial charge is 0.399 e. The van der Waals surface area contributed by atoms with Crippen molar-refractivity contribution in [2.45, 2.75) is 32.2 Å². The zero-order valence-corrected chi connectivity index (χ0v) is 14.0. The number of hydrogen-bond donors (Lipinski definition) is 2. The SMILES string of the molecule is CC(NC(=O)c1cccc(N)c1)C(C)(C)c1ccccc1.Cl. The Morgan fingerprint density at radius 3 is 2.32 bits per heavy atom. The van der Waals surface area contributed by atoms with Crippen molar-refractivity contribution in [1.29, 1.82) is 0 Å². The van der Waals surface area contributed by atoms with E-state index in [0.717, 1.165) is 0 Å². The van der Waals surface area contributed by atoms with Crippen LogP contribution in [0.5, 0.6) is 0 Å². The summed E-state index contributed by atoms with van der Waals surface area (Å²) in [4.78, 5) is 12.3. The van der Waals surface area contributed by atoms with Gasteiger partial charge in [-0.1, -0.05) is 50.2 Å². The molecule has 1 unspecified atom stereocenters. The highest BCUT2D eigenvalue weighted by atomic mass is 35.5. The number of benzene rings is 2. The van der Waals surface area contributed by atoms with Crippen molar-refractivity contribution in [1.82, 2.24) is 5.32 Å². The molecule has 4 heteroatoms. The van der Waals surface area contributed by atoms with Gasteiger partial charge in [0.1, 0.15) is 0 Å². The quantitative estimate of drug-likeness (QED) is 0.843. The van der Waals surface area contributed by atoms with Crippen LogP contribution in [-0.4, -0.2) is 11.9 Å². The standard InChI is InChI=1S/C18H22N2O.ClH/c1-13(18(2,3)15-9-5-4-6-10-15)20-17(21)14-8-7-11-16(19)12-14;/h4-13H,19H2,1-3H3,(H,20,21);1H. The second-order valence-electron chi connectivity index (χ2n) is 5.91. The highest BCUT2D eigenvalue weighted by molar-refractivity contribution is 5.95. The molecule has 0 aliphatic carbocycles. The summed E-state index contributed by atoms with van der Waals surface area (Å²) in [5.74, 6) is -0.0983. The van der Waals surface area contributed by atoms with Crippen LogP contribution in [0, 0.1) is 0 Å². The number of nitrogens with one attached hydrogen (secondary N) is 1. The predicted molar refractivity (Wildman–Crippen MR) is 94.5 cm³/mol. The maximum Gasteiger partial charge on any atom is 0.251 e. The molecule has 2 aromatic carbocycles. The molecule has 0 heterocycles. The first kappa shape index (κ1) is 18.1. The van der Waals surface area contributed by atoms with E-state index >= 15 is 0 Å². The first-order valence-electron chi connectivity index (χ1n) is 7.13. The van der Waals surface area contributed by atoms with E-state index in [2.05, 4.69) is 31.3 Å². The molecule has 0 aliphatic heterocycles. The molecule has 22 heavy (non-hydrogen) atoms. The highest BCUT2D eigenvalue weighted by Gasteiger charge is 2.29. The minimum absolute atomic E-state index is 0. The van der Waals surface area contributed by atoms with Gasteiger partial charge in [0, 0.05) is 22.7 Å². The number of halogens is 1. The number of nitrogen functional groups attached to an aromatic ring is 1. The number of carbonyl (C=O) groups is 1. The van der Waals surface area contributed by atoms with Gasteiger partial charge in [0.25, 0.3) is 5.91 Å². The molecule has 0 aliphatic rings. The molecule has 0 radical (unpaired) electrons. The van der Waals surface area contributed by atoms with Crippen molar-refractivity contribution in [2.24, 2.45) is 0 Å². The average molecular weight is 319 g/mol. The van der Waals surface area contributed by atoms with E-state index in [1.54, 1.807) is 24.3 Å². The molecule has 3 N–H and O–H groups in total. The lowest BCUT2D eigenvalue weighted by Gasteiger charge is -2.33. The number of carbonyl (C=O) groups excluding carboxylic acids is 1. The monoisotopic (exact) mass is 318 g/mol. The van der Waals surface area contributed by atoms with Crippen LogP contribution < -0.4 is 11.1 Å². The number of rotatable bonds is 4. The van der Waals surface area contributed by atoms with Crippen molar-refractivity contribution in [3.05, 3.63) is 65.7 Å². The lowest BCUT2D eigenvalue weighted by molar-refractivity contribution is 0.0924. The molecule has 3 nitrogen and oxygen atoms in total. The molecule has 0 spiro atoms. The van der Waals surface area contributed by atoms with Gasteiger partial charge in [-0.2, -0.15) is 0 Å². The Morgan fingerprint density at radius 2 is 1.73 bits per heavy atom. The van der Waals surface area contributed by atoms with Crippen molar-refractivity contribution in [3.63, 3.8) is 0 Å². The summed E-state index contributed by atoms with van der Waals surface area (Å²) in [7, 11) is 0. The van der Waals surface area contributed by atoms with Gasteiger partial charge in [0.05, 0.1) is 0 Å². The Bertz CT molecular complexity index is 626. The summed E-state index contributed by atoms with van der Waals surface area (Å²) in [5, 5.41) is 3.07. The summed E-state index contributed by atoms with van der Waals surface area (Å²) >= 11 is 0. The molecule has 0 saturated carbocycles. The number of hydrogen-bond acceptors (Lipinski definition) is 2. The third-order valence-corrected chi connectivity index (χ3v) is 4.10. The van der Waals surface area contributed by atoms with E-state index in [1.165, 1.54) is 5.56 Å². The molecule has 2 aromatic rings. The molecule has 0 saturated heterocycles. The number of anilines is 1. The van der Waals surface area contributed by atoms with E-state index in [4.69, 9.17) is 5.73 Å². The Hall–Kier alpha value is -2.00. The summed E-state index contributed by atoms with van der Waals surface area (Å²) in [5.41, 5.74) is 7.95. The fourth-order valence-electron chi connectivity index (χ4n) is 2.26. The van der Waals surface area contributed by atoms with E-state index < -0.39 is 0 Å². The predicted octanol–water partition coefficient (Wildman–Crippen LogP) is 3.79. The summed E-state index contributed by atoms with van der Waals surface area (Å²) in [6.45, 7) is 6.29. The third-order valence-electron chi connectivity index (χ3n) is 4.10. The minimum Gasteiger partial charge on any atom is -0.399 e. The Labute approximate surface area is 138 Å². The fourth-order valence-corrected chi connectivity index (χ4v) is 2.26. The van der Waals surface area contributed by atoms with Crippen molar-refractivity contribution in [2.75, 3.05) is 5.73 Å². The molecule has 0 fully saturated rings. The Kier molecular flexibility index (Phi) is 6.01. The molecular formula is C18H23ClN2O. The first-order chi connectivity index (χ1) is 9.91. The van der Waals surface area contributed by atoms with Crippen LogP contribution in [-0.2, 0) is 5.41 Å². The molecular weight excluding hydrogens is 296 g/mol. The van der Waals surface area contributed by atoms with Gasteiger partial charge < -0.3 is 11.1 Å². The van der Waals surface area contributed by atoms with Crippen molar-refractivity contribution < 1.29 is 4.79 Å². The summed E-state index contributed by atoms with van der Waals surface area (Å²) in [6, 6.07) is 17.2. The molecule has 2 rings (SSSR count). The molecule has 118 valence electrons. The zero-order chi connectivity index (χ0) is 15.5. The fraction of sp³-hybridized carbons (Fsp3) is 0.278. The first-order valence-corrected chi connectivity index (χ1v) is 7.13. The Morgan fingerprint density at radius 1 is 1.09 bits per heavy atom. The van der Waals surface area contributed by atoms with Gasteiger partial charge in [0.15, 0.2) is 0 Å². The van der Waals surface area contributed by atoms with Crippen LogP contribution in [0.15, 0.2) is 54.6 Å². The molecule has 1 amide bonds. The summed E-state index contributed by atoms with van der Waals surface area (Å²) in [6.07, 6.45) is 0. The average Bonchev–Trinajstić information content (AvgIpc) is 2.48. The highest BCUT2D eigenvalue weighted by Crippen LogP contribution is 2.27. The minimum atomic E-state index is -0.156. The second-order valence-corrected chi connectivity index (χ2v) is 5.91. The number of amides is 1. The molecule has 1 atom stereocenters. The van der Waals surface area contributed by atoms with Crippen LogP contribution >= 0.6 is 12.4 Å². The van der Waals surface area contributed by atoms with Gasteiger partial charge >= 0.3 is 0 Å². The molecule has 0 bridgehead atoms. The number of nitrogens with two attached hydrogens (primary N) is 1. The van der Waals surface area contributed by atoms with Crippen molar-refractivity contribution >= 4 is 24.0 Å². The zero-order valence-electron chi connectivity index (χ0n) is 13.2. The van der Waals surface area contributed by atoms with E-state index in [1.807, 2.05) is 25.1 Å². The lowest BCUT2D eigenvalue weighted by atomic mass is 9.78.